The molecule has 1 aromatic heterocycles. The molecule has 0 radical (unpaired) electrons. The Labute approximate surface area is 130 Å². The fraction of sp³-hybridized carbons (Fsp3) is 0.688. The van der Waals surface area contributed by atoms with Gasteiger partial charge >= 0.3 is 5.97 Å². The Morgan fingerprint density at radius 3 is 3.05 bits per heavy atom. The van der Waals surface area contributed by atoms with E-state index in [0.717, 1.165) is 37.8 Å². The van der Waals surface area contributed by atoms with E-state index in [1.54, 1.807) is 4.68 Å². The van der Waals surface area contributed by atoms with Crippen LogP contribution in [0.5, 0.6) is 0 Å². The molecule has 0 N–H and O–H groups in total. The lowest BCUT2D eigenvalue weighted by molar-refractivity contribution is -0.147. The van der Waals surface area contributed by atoms with Crippen molar-refractivity contribution in [3.05, 3.63) is 18.0 Å². The first-order valence-electron chi connectivity index (χ1n) is 8.08. The molecule has 0 bridgehead atoms. The number of carbonyl (C=O) groups excluding carboxylic acids is 2. The molecule has 2 heterocycles. The van der Waals surface area contributed by atoms with E-state index in [0.29, 0.717) is 19.6 Å². The molecule has 3 rings (SSSR count). The minimum atomic E-state index is -0.142. The van der Waals surface area contributed by atoms with Crippen molar-refractivity contribution in [2.45, 2.75) is 38.0 Å². The zero-order chi connectivity index (χ0) is 15.5. The van der Waals surface area contributed by atoms with Crippen molar-refractivity contribution in [3.63, 3.8) is 0 Å². The summed E-state index contributed by atoms with van der Waals surface area (Å²) in [6, 6.07) is 0. The van der Waals surface area contributed by atoms with Gasteiger partial charge in [0.25, 0.3) is 0 Å². The maximum Gasteiger partial charge on any atom is 0.309 e. The van der Waals surface area contributed by atoms with Crippen molar-refractivity contribution in [1.82, 2.24) is 14.7 Å². The summed E-state index contributed by atoms with van der Waals surface area (Å²) >= 11 is 0. The van der Waals surface area contributed by atoms with Gasteiger partial charge in [0.15, 0.2) is 0 Å². The highest BCUT2D eigenvalue weighted by atomic mass is 16.5. The number of hydrogen-bond donors (Lipinski definition) is 0. The lowest BCUT2D eigenvalue weighted by Gasteiger charge is -2.20. The highest BCUT2D eigenvalue weighted by Crippen LogP contribution is 2.47. The molecule has 1 aliphatic carbocycles. The SMILES string of the molecule is Cn1cc([C@@H]2C[C@@H]2C(=O)OCCN2CCCCCC2=O)cn1. The average Bonchev–Trinajstić information content (AvgIpc) is 3.22. The molecule has 120 valence electrons. The molecule has 2 aliphatic rings. The molecule has 22 heavy (non-hydrogen) atoms. The van der Waals surface area contributed by atoms with Gasteiger partial charge in [-0.25, -0.2) is 0 Å². The number of amides is 1. The van der Waals surface area contributed by atoms with Gasteiger partial charge in [0.05, 0.1) is 18.7 Å². The predicted octanol–water partition coefficient (Wildman–Crippen LogP) is 1.47. The third-order valence-electron chi connectivity index (χ3n) is 4.52. The van der Waals surface area contributed by atoms with E-state index in [1.165, 1.54) is 0 Å². The summed E-state index contributed by atoms with van der Waals surface area (Å²) in [5.74, 6) is 0.259. The Balaban J connectivity index is 1.41. The number of rotatable bonds is 5. The highest BCUT2D eigenvalue weighted by molar-refractivity contribution is 5.78. The van der Waals surface area contributed by atoms with Crippen LogP contribution in [-0.4, -0.2) is 46.3 Å². The van der Waals surface area contributed by atoms with Gasteiger partial charge < -0.3 is 9.64 Å². The van der Waals surface area contributed by atoms with Crippen molar-refractivity contribution < 1.29 is 14.3 Å². The number of hydrogen-bond acceptors (Lipinski definition) is 4. The normalized spacial score (nSPS) is 25.0. The van der Waals surface area contributed by atoms with Crippen LogP contribution in [0.15, 0.2) is 12.4 Å². The lowest BCUT2D eigenvalue weighted by atomic mass is 10.2. The van der Waals surface area contributed by atoms with Crippen LogP contribution in [-0.2, 0) is 21.4 Å². The summed E-state index contributed by atoms with van der Waals surface area (Å²) in [6.07, 6.45) is 8.36. The Hall–Kier alpha value is -1.85. The number of aromatic nitrogens is 2. The Morgan fingerprint density at radius 1 is 1.41 bits per heavy atom. The number of likely N-dealkylation sites (tertiary alicyclic amines) is 1. The third kappa shape index (κ3) is 3.48. The summed E-state index contributed by atoms with van der Waals surface area (Å²) < 4.78 is 7.11. The van der Waals surface area contributed by atoms with E-state index >= 15 is 0 Å². The first-order valence-corrected chi connectivity index (χ1v) is 8.08. The summed E-state index contributed by atoms with van der Waals surface area (Å²) in [5.41, 5.74) is 1.10. The fourth-order valence-corrected chi connectivity index (χ4v) is 3.09. The topological polar surface area (TPSA) is 64.4 Å². The summed E-state index contributed by atoms with van der Waals surface area (Å²) in [7, 11) is 1.87. The number of aryl methyl sites for hydroxylation is 1. The molecular formula is C16H23N3O3. The van der Waals surface area contributed by atoms with Crippen LogP contribution < -0.4 is 0 Å². The molecule has 2 atom stereocenters. The molecule has 1 aliphatic heterocycles. The third-order valence-corrected chi connectivity index (χ3v) is 4.52. The fourth-order valence-electron chi connectivity index (χ4n) is 3.09. The number of carbonyl (C=O) groups is 2. The van der Waals surface area contributed by atoms with E-state index in [9.17, 15) is 9.59 Å². The maximum atomic E-state index is 12.0. The Morgan fingerprint density at radius 2 is 2.27 bits per heavy atom. The second-order valence-electron chi connectivity index (χ2n) is 6.25. The van der Waals surface area contributed by atoms with Crippen molar-refractivity contribution in [2.24, 2.45) is 13.0 Å². The maximum absolute atomic E-state index is 12.0. The van der Waals surface area contributed by atoms with Crippen molar-refractivity contribution in [3.8, 4) is 0 Å². The molecular weight excluding hydrogens is 282 g/mol. The van der Waals surface area contributed by atoms with E-state index in [2.05, 4.69) is 5.10 Å². The smallest absolute Gasteiger partial charge is 0.309 e. The standard InChI is InChI=1S/C16H23N3O3/c1-18-11-12(10-17-18)13-9-14(13)16(21)22-8-7-19-6-4-2-3-5-15(19)20/h10-11,13-14H,2-9H2,1H3/t13-,14-/m0/s1. The van der Waals surface area contributed by atoms with Gasteiger partial charge in [0, 0.05) is 32.1 Å². The van der Waals surface area contributed by atoms with Crippen LogP contribution >= 0.6 is 0 Å². The van der Waals surface area contributed by atoms with Crippen molar-refractivity contribution in [1.29, 1.82) is 0 Å². The minimum absolute atomic E-state index is 0.0379. The molecule has 0 aromatic carbocycles. The molecule has 0 unspecified atom stereocenters. The second kappa shape index (κ2) is 6.50. The number of esters is 1. The monoisotopic (exact) mass is 305 g/mol. The van der Waals surface area contributed by atoms with Crippen LogP contribution in [0.1, 0.15) is 43.6 Å². The van der Waals surface area contributed by atoms with Gasteiger partial charge in [-0.05, 0) is 24.8 Å². The number of ether oxygens (including phenoxy) is 1. The van der Waals surface area contributed by atoms with Gasteiger partial charge in [-0.15, -0.1) is 0 Å². The van der Waals surface area contributed by atoms with E-state index in [1.807, 2.05) is 24.3 Å². The zero-order valence-electron chi connectivity index (χ0n) is 13.0. The van der Waals surface area contributed by atoms with Crippen LogP contribution in [0.25, 0.3) is 0 Å². The van der Waals surface area contributed by atoms with Crippen LogP contribution in [0, 0.1) is 5.92 Å². The summed E-state index contributed by atoms with van der Waals surface area (Å²) in [5, 5.41) is 4.13. The highest BCUT2D eigenvalue weighted by Gasteiger charge is 2.45. The van der Waals surface area contributed by atoms with E-state index < -0.39 is 0 Å². The minimum Gasteiger partial charge on any atom is -0.464 e. The van der Waals surface area contributed by atoms with Gasteiger partial charge in [-0.3, -0.25) is 14.3 Å². The van der Waals surface area contributed by atoms with Crippen LogP contribution in [0.2, 0.25) is 0 Å². The van der Waals surface area contributed by atoms with Crippen molar-refractivity contribution in [2.75, 3.05) is 19.7 Å². The molecule has 6 nitrogen and oxygen atoms in total. The summed E-state index contributed by atoms with van der Waals surface area (Å²) in [6.45, 7) is 1.62. The molecule has 1 saturated carbocycles. The van der Waals surface area contributed by atoms with Gasteiger partial charge in [-0.1, -0.05) is 6.42 Å². The molecule has 1 amide bonds. The van der Waals surface area contributed by atoms with Crippen molar-refractivity contribution >= 4 is 11.9 Å². The molecule has 1 saturated heterocycles. The summed E-state index contributed by atoms with van der Waals surface area (Å²) in [4.78, 5) is 25.7. The lowest BCUT2D eigenvalue weighted by Crippen LogP contribution is -2.34. The first-order chi connectivity index (χ1) is 10.6. The predicted molar refractivity (Wildman–Crippen MR) is 80.1 cm³/mol. The number of nitrogens with zero attached hydrogens (tertiary/aromatic N) is 3. The van der Waals surface area contributed by atoms with Gasteiger partial charge in [0.1, 0.15) is 6.61 Å². The quantitative estimate of drug-likeness (QED) is 0.773. The van der Waals surface area contributed by atoms with E-state index in [-0.39, 0.29) is 23.7 Å². The van der Waals surface area contributed by atoms with Gasteiger partial charge in [-0.2, -0.15) is 5.10 Å². The molecule has 2 fully saturated rings. The Kier molecular flexibility index (Phi) is 4.45. The molecule has 1 aromatic rings. The van der Waals surface area contributed by atoms with E-state index in [4.69, 9.17) is 4.74 Å². The zero-order valence-corrected chi connectivity index (χ0v) is 13.0. The van der Waals surface area contributed by atoms with Crippen LogP contribution in [0.3, 0.4) is 0 Å². The average molecular weight is 305 g/mol. The second-order valence-corrected chi connectivity index (χ2v) is 6.25. The first kappa shape index (κ1) is 15.1. The molecule has 0 spiro atoms. The Bertz CT molecular complexity index is 555. The van der Waals surface area contributed by atoms with Crippen LogP contribution in [0.4, 0.5) is 0 Å². The largest absolute Gasteiger partial charge is 0.464 e. The van der Waals surface area contributed by atoms with Gasteiger partial charge in [0.2, 0.25) is 5.91 Å². The molecule has 6 heteroatoms.